The molecule has 6 aliphatic rings. The molecule has 0 saturated heterocycles. The topological polar surface area (TPSA) is 18.0 Å². The van der Waals surface area contributed by atoms with Gasteiger partial charge in [-0.25, -0.2) is 0 Å². The highest BCUT2D eigenvalue weighted by Crippen LogP contribution is 2.71. The van der Waals surface area contributed by atoms with Gasteiger partial charge >= 0.3 is 0 Å². The van der Waals surface area contributed by atoms with Gasteiger partial charge in [0.2, 0.25) is 0 Å². The van der Waals surface area contributed by atoms with Crippen LogP contribution in [0.4, 0.5) is 17.1 Å². The Hall–Kier alpha value is -16.4. The van der Waals surface area contributed by atoms with E-state index in [0.29, 0.717) is 0 Å². The van der Waals surface area contributed by atoms with E-state index >= 15 is 0 Å². The lowest BCUT2D eigenvalue weighted by Crippen LogP contribution is -2.43. The fourth-order valence-corrected chi connectivity index (χ4v) is 25.4. The predicted molar refractivity (Wildman–Crippen MR) is 527 cm³/mol. The molecule has 3 heterocycles. The fourth-order valence-electron chi connectivity index (χ4n) is 25.4. The third kappa shape index (κ3) is 8.97. The van der Waals surface area contributed by atoms with E-state index in [1.165, 1.54) is 205 Å². The summed E-state index contributed by atoms with van der Waals surface area (Å²) >= 11 is 0. The van der Waals surface area contributed by atoms with E-state index in [-0.39, 0.29) is 0 Å². The van der Waals surface area contributed by atoms with Gasteiger partial charge in [-0.2, -0.15) is 0 Å². The molecule has 0 N–H and O–H groups in total. The van der Waals surface area contributed by atoms with Crippen LogP contribution in [0.25, 0.3) is 127 Å². The number of para-hydroxylation sites is 6. The summed E-state index contributed by atoms with van der Waals surface area (Å²) in [6.45, 7) is 0. The molecular formula is C124H78N4. The lowest BCUT2D eigenvalue weighted by molar-refractivity contribution is 0.633. The summed E-state index contributed by atoms with van der Waals surface area (Å²) in [6, 6.07) is 177. The molecule has 3 aromatic heterocycles. The Morgan fingerprint density at radius 2 is 0.391 bits per heavy atom. The lowest BCUT2D eigenvalue weighted by Gasteiger charge is -2.48. The van der Waals surface area contributed by atoms with Crippen molar-refractivity contribution in [3.63, 3.8) is 0 Å². The van der Waals surface area contributed by atoms with Crippen LogP contribution in [0.3, 0.4) is 0 Å². The highest BCUT2D eigenvalue weighted by Gasteiger charge is 2.62. The average molecular weight is 1620 g/mol. The molecule has 4 heteroatoms. The van der Waals surface area contributed by atoms with Gasteiger partial charge in [0.15, 0.2) is 0 Å². The molecule has 4 nitrogen and oxygen atoms in total. The van der Waals surface area contributed by atoms with E-state index in [2.05, 4.69) is 492 Å². The van der Waals surface area contributed by atoms with Gasteiger partial charge in [-0.15, -0.1) is 0 Å². The maximum atomic E-state index is 2.51. The Morgan fingerprint density at radius 1 is 0.148 bits per heavy atom. The smallest absolute Gasteiger partial charge is 0.0720 e. The van der Waals surface area contributed by atoms with Gasteiger partial charge < -0.3 is 18.6 Å². The summed E-state index contributed by atoms with van der Waals surface area (Å²) in [7, 11) is 0. The van der Waals surface area contributed by atoms with Crippen LogP contribution in [-0.2, 0) is 21.7 Å². The Labute approximate surface area is 741 Å². The van der Waals surface area contributed by atoms with Crippen LogP contribution in [0.2, 0.25) is 0 Å². The molecular weight excluding hydrogens is 1550 g/mol. The van der Waals surface area contributed by atoms with Gasteiger partial charge in [0.1, 0.15) is 0 Å². The fraction of sp³-hybridized carbons (Fsp3) is 0.0323. The Bertz CT molecular complexity index is 8420. The zero-order valence-electron chi connectivity index (χ0n) is 69.8. The van der Waals surface area contributed by atoms with Crippen molar-refractivity contribution in [2.24, 2.45) is 0 Å². The van der Waals surface area contributed by atoms with Crippen molar-refractivity contribution >= 4 is 82.5 Å². The first-order chi connectivity index (χ1) is 63.6. The maximum absolute atomic E-state index is 2.51. The molecule has 29 rings (SSSR count). The van der Waals surface area contributed by atoms with Crippen LogP contribution in [0, 0.1) is 0 Å². The second kappa shape index (κ2) is 26.6. The highest BCUT2D eigenvalue weighted by atomic mass is 15.1. The van der Waals surface area contributed by atoms with Crippen LogP contribution < -0.4 is 4.90 Å². The van der Waals surface area contributed by atoms with Crippen molar-refractivity contribution in [1.82, 2.24) is 13.7 Å². The molecule has 6 aliphatic carbocycles. The molecule has 0 amide bonds. The lowest BCUT2D eigenvalue weighted by atomic mass is 9.52. The molecule has 20 aromatic carbocycles. The van der Waals surface area contributed by atoms with E-state index in [0.717, 1.165) is 28.4 Å². The molecule has 0 fully saturated rings. The SMILES string of the molecule is c1ccc(-n2c3ccccc3c3cc(-n4c5ccccc5c5c6c(ccc54)C4(c5ccccc5-6)c5ccccc5C5(c6ccccc6-c6ccccc65)c5ccccc54)ccc32)cc1.c1ccc(N(c2ccccc2)c2ccc(-n3c4ccccc4c4c5c(ccc43)C3(c4ccccc4-5)c4ccccc4C4(c5ccccc5-c5ccccc54)c4ccccc43)cc2)cc1. The van der Waals surface area contributed by atoms with Gasteiger partial charge in [0, 0.05) is 66.4 Å². The first-order valence-corrected chi connectivity index (χ1v) is 44.8. The molecule has 0 aliphatic heterocycles. The second-order valence-electron chi connectivity index (χ2n) is 35.3. The average Bonchev–Trinajstić information content (AvgIpc) is 1.47. The van der Waals surface area contributed by atoms with E-state index in [9.17, 15) is 0 Å². The minimum absolute atomic E-state index is 0.466. The zero-order chi connectivity index (χ0) is 83.7. The van der Waals surface area contributed by atoms with Gasteiger partial charge in [0.05, 0.1) is 54.8 Å². The second-order valence-corrected chi connectivity index (χ2v) is 35.3. The van der Waals surface area contributed by atoms with Crippen LogP contribution in [0.15, 0.2) is 473 Å². The van der Waals surface area contributed by atoms with Crippen molar-refractivity contribution in [1.29, 1.82) is 0 Å². The summed E-state index contributed by atoms with van der Waals surface area (Å²) in [4.78, 5) is 2.33. The third-order valence-electron chi connectivity index (χ3n) is 29.9. The Morgan fingerprint density at radius 3 is 0.773 bits per heavy atom. The number of fused-ring (bicyclic) bond motifs is 43. The van der Waals surface area contributed by atoms with Crippen molar-refractivity contribution in [2.75, 3.05) is 4.90 Å². The van der Waals surface area contributed by atoms with Gasteiger partial charge in [-0.1, -0.05) is 364 Å². The molecule has 4 spiro atoms. The monoisotopic (exact) mass is 1620 g/mol. The first kappa shape index (κ1) is 71.1. The van der Waals surface area contributed by atoms with E-state index in [1.807, 2.05) is 0 Å². The molecule has 0 saturated carbocycles. The van der Waals surface area contributed by atoms with Crippen molar-refractivity contribution < 1.29 is 0 Å². The van der Waals surface area contributed by atoms with Gasteiger partial charge in [-0.05, 0) is 243 Å². The van der Waals surface area contributed by atoms with Crippen molar-refractivity contribution in [2.45, 2.75) is 21.7 Å². The van der Waals surface area contributed by atoms with E-state index in [4.69, 9.17) is 0 Å². The predicted octanol–water partition coefficient (Wildman–Crippen LogP) is 30.2. The van der Waals surface area contributed by atoms with Crippen LogP contribution in [0.1, 0.15) is 89.0 Å². The molecule has 594 valence electrons. The summed E-state index contributed by atoms with van der Waals surface area (Å²) in [5, 5.41) is 7.61. The Kier molecular flexibility index (Phi) is 14.8. The van der Waals surface area contributed by atoms with Crippen molar-refractivity contribution in [3.05, 3.63) is 562 Å². The number of rotatable bonds is 6. The highest BCUT2D eigenvalue weighted by molar-refractivity contribution is 6.21. The van der Waals surface area contributed by atoms with Crippen LogP contribution >= 0.6 is 0 Å². The van der Waals surface area contributed by atoms with Crippen LogP contribution in [0.5, 0.6) is 0 Å². The normalized spacial score (nSPS) is 14.3. The molecule has 128 heavy (non-hydrogen) atoms. The molecule has 0 unspecified atom stereocenters. The maximum Gasteiger partial charge on any atom is 0.0720 e. The summed E-state index contributed by atoms with van der Waals surface area (Å²) in [5.41, 5.74) is 44.2. The molecule has 0 bridgehead atoms. The number of hydrogen-bond donors (Lipinski definition) is 0. The quantitative estimate of drug-likeness (QED) is 0.162. The largest absolute Gasteiger partial charge is 0.311 e. The van der Waals surface area contributed by atoms with E-state index in [1.54, 1.807) is 0 Å². The third-order valence-corrected chi connectivity index (χ3v) is 29.9. The number of benzene rings is 20. The first-order valence-electron chi connectivity index (χ1n) is 44.8. The molecule has 23 aromatic rings. The van der Waals surface area contributed by atoms with Crippen LogP contribution in [-0.4, -0.2) is 13.7 Å². The molecule has 0 atom stereocenters. The number of nitrogens with zero attached hydrogens (tertiary/aromatic N) is 4. The minimum Gasteiger partial charge on any atom is -0.311 e. The van der Waals surface area contributed by atoms with Gasteiger partial charge in [-0.3, -0.25) is 0 Å². The Balaban J connectivity index is 0.000000129. The minimum atomic E-state index is -0.549. The molecule has 0 radical (unpaired) electrons. The standard InChI is InChI=1S/C62H38N2.C62H40N2/c1-2-18-39(19-3-1)63-55-32-16-7-22-43(55)46-38-40(34-36-57(46)63)64-56-33-17-8-24-45(56)60-58(64)37-35-54-59(60)44-23-6-11-27-49(44)62(54)52-30-14-12-28-50(52)61(51-29-13-15-31-53(51)62)47-25-9-4-20-41(47)42-21-5-10-26-48(42)61;1-3-19-41(20-4-1)63(42-21-5-2-6-22-42)43-35-37-44(38-36-43)64-57-34-18-10-26-48(57)60-58(64)40-39-56-59(60)47-25-9-13-29-51(47)62(56)54-32-16-14-30-52(54)61(53-31-15-17-33-55(53)62)49-27-11-7-23-45(49)46-24-8-12-28-50(46)61/h1-38H;1-40H. The summed E-state index contributed by atoms with van der Waals surface area (Å²) in [5.74, 6) is 0. The number of aromatic nitrogens is 3. The van der Waals surface area contributed by atoms with Crippen molar-refractivity contribution in [3.8, 4) is 61.6 Å². The summed E-state index contributed by atoms with van der Waals surface area (Å²) < 4.78 is 7.38. The van der Waals surface area contributed by atoms with E-state index < -0.39 is 21.7 Å². The van der Waals surface area contributed by atoms with Gasteiger partial charge in [0.25, 0.3) is 0 Å². The zero-order valence-corrected chi connectivity index (χ0v) is 69.8. The summed E-state index contributed by atoms with van der Waals surface area (Å²) in [6.07, 6.45) is 0. The number of anilines is 3. The number of hydrogen-bond acceptors (Lipinski definition) is 1.